The van der Waals surface area contributed by atoms with Crippen molar-refractivity contribution in [2.45, 2.75) is 0 Å². The van der Waals surface area contributed by atoms with E-state index in [9.17, 15) is 0 Å². The summed E-state index contributed by atoms with van der Waals surface area (Å²) >= 11 is 0. The lowest BCUT2D eigenvalue weighted by atomic mass is 10.4. The topological polar surface area (TPSA) is 12.4 Å². The van der Waals surface area contributed by atoms with Crippen LogP contribution in [0.3, 0.4) is 0 Å². The van der Waals surface area contributed by atoms with Gasteiger partial charge in [-0.3, -0.25) is 4.99 Å². The fraction of sp³-hybridized carbons (Fsp3) is 0. The molecule has 10 heavy (non-hydrogen) atoms. The lowest BCUT2D eigenvalue weighted by molar-refractivity contribution is 1.58. The Morgan fingerprint density at radius 1 is 0.700 bits per heavy atom. The monoisotopic (exact) mass is 177 g/mol. The molecule has 0 aromatic rings. The average molecular weight is 178 g/mol. The first-order valence-corrected chi connectivity index (χ1v) is 2.52. The van der Waals surface area contributed by atoms with Crippen LogP contribution < -0.4 is 0 Å². The van der Waals surface area contributed by atoms with Crippen LogP contribution in [-0.4, -0.2) is 6.21 Å². The number of allylic oxidation sites excluding steroid dienone is 5. The molecule has 0 fully saturated rings. The highest BCUT2D eigenvalue weighted by Crippen LogP contribution is 1.83. The summed E-state index contributed by atoms with van der Waals surface area (Å²) in [6.07, 6.45) is 13.1. The predicted molar refractivity (Wildman–Crippen MR) is 50.4 cm³/mol. The van der Waals surface area contributed by atoms with Crippen LogP contribution in [0.4, 0.5) is 0 Å². The maximum absolute atomic E-state index is 3.89. The zero-order valence-corrected chi connectivity index (χ0v) is 6.94. The van der Waals surface area contributed by atoms with Crippen molar-refractivity contribution < 1.29 is 0 Å². The summed E-state index contributed by atoms with van der Waals surface area (Å²) in [5, 5.41) is 0. The lowest BCUT2D eigenvalue weighted by Crippen LogP contribution is -1.63. The van der Waals surface area contributed by atoms with E-state index in [4.69, 9.17) is 0 Å². The van der Waals surface area contributed by atoms with E-state index >= 15 is 0 Å². The zero-order valence-electron chi connectivity index (χ0n) is 5.31. The SMILES string of the molecule is C1=C\C=C/N=C\C=C/1.Cl.Cl. The molecule has 0 spiro atoms. The van der Waals surface area contributed by atoms with Gasteiger partial charge in [0, 0.05) is 12.4 Å². The molecular formula is C7H9Cl2N. The second-order valence-electron chi connectivity index (χ2n) is 1.41. The van der Waals surface area contributed by atoms with E-state index < -0.39 is 0 Å². The van der Waals surface area contributed by atoms with Crippen LogP contribution >= 0.6 is 24.8 Å². The van der Waals surface area contributed by atoms with Gasteiger partial charge in [-0.05, 0) is 12.2 Å². The molecule has 0 aromatic heterocycles. The summed E-state index contributed by atoms with van der Waals surface area (Å²) in [4.78, 5) is 3.89. The van der Waals surface area contributed by atoms with E-state index in [1.165, 1.54) is 0 Å². The van der Waals surface area contributed by atoms with Crippen molar-refractivity contribution >= 4 is 31.0 Å². The van der Waals surface area contributed by atoms with E-state index in [0.717, 1.165) is 0 Å². The highest BCUT2D eigenvalue weighted by Gasteiger charge is 1.65. The van der Waals surface area contributed by atoms with E-state index in [-0.39, 0.29) is 24.8 Å². The molecule has 0 N–H and O–H groups in total. The molecule has 1 heterocycles. The smallest absolute Gasteiger partial charge is 0.0267 e. The Balaban J connectivity index is 0. The summed E-state index contributed by atoms with van der Waals surface area (Å²) in [5.41, 5.74) is 0. The molecule has 0 aliphatic carbocycles. The third-order valence-electron chi connectivity index (χ3n) is 0.789. The Morgan fingerprint density at radius 3 is 2.10 bits per heavy atom. The number of nitrogens with zero attached hydrogens (tertiary/aromatic N) is 1. The summed E-state index contributed by atoms with van der Waals surface area (Å²) in [5.74, 6) is 0. The van der Waals surface area contributed by atoms with Crippen LogP contribution in [0, 0.1) is 0 Å². The molecule has 1 rings (SSSR count). The Hall–Kier alpha value is -0.530. The van der Waals surface area contributed by atoms with Gasteiger partial charge in [0.15, 0.2) is 0 Å². The fourth-order valence-electron chi connectivity index (χ4n) is 0.441. The molecule has 0 saturated heterocycles. The molecule has 1 aliphatic heterocycles. The normalized spacial score (nSPS) is 25.6. The molecule has 0 aromatic carbocycles. The number of hydrogen-bond donors (Lipinski definition) is 0. The maximum atomic E-state index is 3.89. The van der Waals surface area contributed by atoms with Gasteiger partial charge in [0.1, 0.15) is 0 Å². The van der Waals surface area contributed by atoms with Gasteiger partial charge < -0.3 is 0 Å². The minimum atomic E-state index is 0. The summed E-state index contributed by atoms with van der Waals surface area (Å²) in [6.45, 7) is 0. The number of aliphatic imine (C=N–C) groups is 1. The van der Waals surface area contributed by atoms with Crippen LogP contribution in [0.1, 0.15) is 0 Å². The van der Waals surface area contributed by atoms with Crippen molar-refractivity contribution in [1.82, 2.24) is 0 Å². The van der Waals surface area contributed by atoms with Crippen LogP contribution in [0.5, 0.6) is 0 Å². The van der Waals surface area contributed by atoms with Crippen molar-refractivity contribution in [3.63, 3.8) is 0 Å². The van der Waals surface area contributed by atoms with Gasteiger partial charge in [-0.2, -0.15) is 0 Å². The Bertz CT molecular complexity index is 112. The van der Waals surface area contributed by atoms with Crippen molar-refractivity contribution in [3.8, 4) is 0 Å². The number of halogens is 2. The van der Waals surface area contributed by atoms with Gasteiger partial charge in [-0.1, -0.05) is 18.2 Å². The Kier molecular flexibility index (Phi) is 10.3. The first-order chi connectivity index (χ1) is 4.00. The van der Waals surface area contributed by atoms with Gasteiger partial charge >= 0.3 is 0 Å². The highest BCUT2D eigenvalue weighted by atomic mass is 35.5. The van der Waals surface area contributed by atoms with Gasteiger partial charge in [0.25, 0.3) is 0 Å². The quantitative estimate of drug-likeness (QED) is 0.540. The summed E-state index contributed by atoms with van der Waals surface area (Å²) < 4.78 is 0. The fourth-order valence-corrected chi connectivity index (χ4v) is 0.441. The lowest BCUT2D eigenvalue weighted by Gasteiger charge is -1.77. The molecule has 0 amide bonds. The van der Waals surface area contributed by atoms with Crippen molar-refractivity contribution in [2.24, 2.45) is 4.99 Å². The highest BCUT2D eigenvalue weighted by molar-refractivity contribution is 5.85. The molecule has 0 bridgehead atoms. The van der Waals surface area contributed by atoms with E-state index in [2.05, 4.69) is 4.99 Å². The second-order valence-corrected chi connectivity index (χ2v) is 1.41. The average Bonchev–Trinajstić information content (AvgIpc) is 1.62. The third kappa shape index (κ3) is 5.60. The van der Waals surface area contributed by atoms with E-state index in [1.807, 2.05) is 30.4 Å². The van der Waals surface area contributed by atoms with Crippen LogP contribution in [0.25, 0.3) is 0 Å². The third-order valence-corrected chi connectivity index (χ3v) is 0.789. The van der Waals surface area contributed by atoms with Gasteiger partial charge in [-0.25, -0.2) is 0 Å². The minimum Gasteiger partial charge on any atom is -0.265 e. The molecule has 1 aliphatic rings. The van der Waals surface area contributed by atoms with Crippen molar-refractivity contribution in [1.29, 1.82) is 0 Å². The molecule has 0 unspecified atom stereocenters. The maximum Gasteiger partial charge on any atom is 0.0267 e. The molecule has 3 heteroatoms. The zero-order chi connectivity index (χ0) is 5.66. The predicted octanol–water partition coefficient (Wildman–Crippen LogP) is 2.54. The molecule has 1 nitrogen and oxygen atoms in total. The summed E-state index contributed by atoms with van der Waals surface area (Å²) in [6, 6.07) is 0. The summed E-state index contributed by atoms with van der Waals surface area (Å²) in [7, 11) is 0. The Labute approximate surface area is 73.1 Å². The van der Waals surface area contributed by atoms with Gasteiger partial charge in [0.05, 0.1) is 0 Å². The number of hydrogen-bond acceptors (Lipinski definition) is 1. The number of rotatable bonds is 0. The standard InChI is InChI=1S/C7H7N.2ClH/c1-2-4-6-8-7-5-3-1;;/h1-7H;2*1H/b2-1-,3-1?,4-2?,5-3-,6-4-,7-5?,8-6?,8-7-;;. The van der Waals surface area contributed by atoms with E-state index in [0.29, 0.717) is 0 Å². The first kappa shape index (κ1) is 12.2. The van der Waals surface area contributed by atoms with Crippen LogP contribution in [-0.2, 0) is 0 Å². The second kappa shape index (κ2) is 8.47. The van der Waals surface area contributed by atoms with Gasteiger partial charge in [0.2, 0.25) is 0 Å². The largest absolute Gasteiger partial charge is 0.265 e. The first-order valence-electron chi connectivity index (χ1n) is 2.52. The minimum absolute atomic E-state index is 0. The molecule has 56 valence electrons. The molecule has 0 saturated carbocycles. The van der Waals surface area contributed by atoms with E-state index in [1.54, 1.807) is 12.4 Å². The van der Waals surface area contributed by atoms with Crippen LogP contribution in [0.15, 0.2) is 41.6 Å². The molecular weight excluding hydrogens is 169 g/mol. The van der Waals surface area contributed by atoms with Gasteiger partial charge in [-0.15, -0.1) is 24.8 Å². The van der Waals surface area contributed by atoms with Crippen molar-refractivity contribution in [3.05, 3.63) is 36.6 Å². The molecule has 0 atom stereocenters. The van der Waals surface area contributed by atoms with Crippen LogP contribution in [0.2, 0.25) is 0 Å². The van der Waals surface area contributed by atoms with Crippen molar-refractivity contribution in [2.75, 3.05) is 0 Å². The molecule has 0 radical (unpaired) electrons. The Morgan fingerprint density at radius 2 is 1.30 bits per heavy atom.